The summed E-state index contributed by atoms with van der Waals surface area (Å²) >= 11 is 0. The van der Waals surface area contributed by atoms with Gasteiger partial charge >= 0.3 is 0 Å². The Bertz CT molecular complexity index is 1180. The standard InChI is InChI=1S/C23H21N3O2/c1-15(2)25-23(28)20-14-26(22-19(21(20)27)7-4-12-24-22)18-6-3-5-17(13-18)11-10-16-8-9-16/h3-7,12-16H,8-9H2,1-2H3,(H,25,28). The number of fused-ring (bicyclic) bond motifs is 1. The molecule has 0 unspecified atom stereocenters. The highest BCUT2D eigenvalue weighted by atomic mass is 16.2. The minimum Gasteiger partial charge on any atom is -0.350 e. The number of hydrogen-bond acceptors (Lipinski definition) is 3. The van der Waals surface area contributed by atoms with Crippen molar-refractivity contribution in [1.29, 1.82) is 0 Å². The van der Waals surface area contributed by atoms with Crippen LogP contribution >= 0.6 is 0 Å². The Hall–Kier alpha value is -3.39. The number of benzene rings is 1. The molecular formula is C23H21N3O2. The molecule has 0 atom stereocenters. The van der Waals surface area contributed by atoms with Crippen LogP contribution in [0.3, 0.4) is 0 Å². The number of carbonyl (C=O) groups excluding carboxylic acids is 1. The third-order valence-electron chi connectivity index (χ3n) is 4.55. The van der Waals surface area contributed by atoms with Crippen LogP contribution in [0, 0.1) is 17.8 Å². The zero-order chi connectivity index (χ0) is 19.7. The van der Waals surface area contributed by atoms with Gasteiger partial charge in [-0.05, 0) is 57.0 Å². The van der Waals surface area contributed by atoms with E-state index in [0.717, 1.165) is 11.3 Å². The van der Waals surface area contributed by atoms with E-state index in [1.165, 1.54) is 12.8 Å². The van der Waals surface area contributed by atoms with Gasteiger partial charge in [0.2, 0.25) is 5.43 Å². The second-order valence-corrected chi connectivity index (χ2v) is 7.34. The molecule has 28 heavy (non-hydrogen) atoms. The molecule has 0 radical (unpaired) electrons. The summed E-state index contributed by atoms with van der Waals surface area (Å²) in [6.45, 7) is 3.72. The van der Waals surface area contributed by atoms with E-state index in [1.807, 2.05) is 38.1 Å². The van der Waals surface area contributed by atoms with E-state index in [2.05, 4.69) is 22.1 Å². The maximum absolute atomic E-state index is 12.8. The molecule has 0 saturated heterocycles. The summed E-state index contributed by atoms with van der Waals surface area (Å²) in [5.74, 6) is 6.61. The van der Waals surface area contributed by atoms with Crippen LogP contribution in [0.15, 0.2) is 53.6 Å². The lowest BCUT2D eigenvalue weighted by atomic mass is 10.1. The molecule has 3 aromatic rings. The van der Waals surface area contributed by atoms with Crippen LogP contribution in [-0.4, -0.2) is 21.5 Å². The van der Waals surface area contributed by atoms with E-state index < -0.39 is 0 Å². The predicted octanol–water partition coefficient (Wildman–Crippen LogP) is 3.29. The lowest BCUT2D eigenvalue weighted by Gasteiger charge is -2.14. The van der Waals surface area contributed by atoms with E-state index in [4.69, 9.17) is 0 Å². The highest BCUT2D eigenvalue weighted by Crippen LogP contribution is 2.27. The number of nitrogens with zero attached hydrogens (tertiary/aromatic N) is 2. The van der Waals surface area contributed by atoms with E-state index in [9.17, 15) is 9.59 Å². The molecule has 2 aromatic heterocycles. The third kappa shape index (κ3) is 3.67. The smallest absolute Gasteiger partial charge is 0.256 e. The van der Waals surface area contributed by atoms with Crippen molar-refractivity contribution in [2.24, 2.45) is 5.92 Å². The third-order valence-corrected chi connectivity index (χ3v) is 4.55. The summed E-state index contributed by atoms with van der Waals surface area (Å²) in [7, 11) is 0. The molecule has 1 amide bonds. The molecule has 0 spiro atoms. The Labute approximate surface area is 163 Å². The number of hydrogen-bond donors (Lipinski definition) is 1. The van der Waals surface area contributed by atoms with E-state index in [-0.39, 0.29) is 22.9 Å². The zero-order valence-electron chi connectivity index (χ0n) is 15.9. The van der Waals surface area contributed by atoms with Crippen molar-refractivity contribution in [2.45, 2.75) is 32.7 Å². The maximum Gasteiger partial charge on any atom is 0.256 e. The van der Waals surface area contributed by atoms with Gasteiger partial charge < -0.3 is 9.88 Å². The molecule has 1 N–H and O–H groups in total. The van der Waals surface area contributed by atoms with Crippen molar-refractivity contribution in [3.05, 3.63) is 70.1 Å². The molecule has 4 rings (SSSR count). The molecule has 5 nitrogen and oxygen atoms in total. The summed E-state index contributed by atoms with van der Waals surface area (Å²) in [5.41, 5.74) is 2.01. The largest absolute Gasteiger partial charge is 0.350 e. The van der Waals surface area contributed by atoms with E-state index in [0.29, 0.717) is 17.0 Å². The van der Waals surface area contributed by atoms with Crippen molar-refractivity contribution >= 4 is 16.9 Å². The Balaban J connectivity index is 1.88. The van der Waals surface area contributed by atoms with Crippen molar-refractivity contribution in [2.75, 3.05) is 0 Å². The fourth-order valence-corrected chi connectivity index (χ4v) is 3.01. The van der Waals surface area contributed by atoms with Gasteiger partial charge in [-0.25, -0.2) is 4.98 Å². The van der Waals surface area contributed by atoms with Crippen molar-refractivity contribution in [3.63, 3.8) is 0 Å². The molecule has 1 aromatic carbocycles. The first-order valence-corrected chi connectivity index (χ1v) is 9.46. The molecule has 140 valence electrons. The summed E-state index contributed by atoms with van der Waals surface area (Å²) in [6.07, 6.45) is 5.57. The average Bonchev–Trinajstić information content (AvgIpc) is 3.51. The van der Waals surface area contributed by atoms with Crippen molar-refractivity contribution < 1.29 is 4.79 Å². The average molecular weight is 371 g/mol. The fraction of sp³-hybridized carbons (Fsp3) is 0.261. The number of pyridine rings is 2. The predicted molar refractivity (Wildman–Crippen MR) is 110 cm³/mol. The number of carbonyl (C=O) groups is 1. The highest BCUT2D eigenvalue weighted by molar-refractivity contribution is 5.97. The second-order valence-electron chi connectivity index (χ2n) is 7.34. The van der Waals surface area contributed by atoms with Crippen LogP contribution in [-0.2, 0) is 0 Å². The van der Waals surface area contributed by atoms with Gasteiger partial charge in [-0.3, -0.25) is 9.59 Å². The van der Waals surface area contributed by atoms with Gasteiger partial charge in [-0.15, -0.1) is 0 Å². The van der Waals surface area contributed by atoms with E-state index in [1.54, 1.807) is 29.1 Å². The molecule has 1 fully saturated rings. The van der Waals surface area contributed by atoms with Crippen LogP contribution in [0.4, 0.5) is 0 Å². The summed E-state index contributed by atoms with van der Waals surface area (Å²) < 4.78 is 1.79. The van der Waals surface area contributed by atoms with Crippen molar-refractivity contribution in [3.8, 4) is 17.5 Å². The molecule has 1 aliphatic carbocycles. The van der Waals surface area contributed by atoms with Crippen LogP contribution in [0.2, 0.25) is 0 Å². The normalized spacial score (nSPS) is 13.2. The van der Waals surface area contributed by atoms with Crippen molar-refractivity contribution in [1.82, 2.24) is 14.9 Å². The van der Waals surface area contributed by atoms with Crippen LogP contribution < -0.4 is 10.7 Å². The first-order chi connectivity index (χ1) is 13.5. The Morgan fingerprint density at radius 1 is 1.25 bits per heavy atom. The van der Waals surface area contributed by atoms with Gasteiger partial charge in [-0.1, -0.05) is 17.9 Å². The zero-order valence-corrected chi connectivity index (χ0v) is 15.9. The quantitative estimate of drug-likeness (QED) is 0.719. The number of aromatic nitrogens is 2. The fourth-order valence-electron chi connectivity index (χ4n) is 3.01. The first-order valence-electron chi connectivity index (χ1n) is 9.46. The van der Waals surface area contributed by atoms with Gasteiger partial charge in [0.05, 0.1) is 5.39 Å². The Morgan fingerprint density at radius 2 is 2.07 bits per heavy atom. The molecule has 1 aliphatic rings. The minimum atomic E-state index is -0.385. The van der Waals surface area contributed by atoms with Gasteiger partial charge in [-0.2, -0.15) is 0 Å². The topological polar surface area (TPSA) is 64.0 Å². The molecular weight excluding hydrogens is 350 g/mol. The maximum atomic E-state index is 12.8. The summed E-state index contributed by atoms with van der Waals surface area (Å²) in [5, 5.41) is 3.21. The van der Waals surface area contributed by atoms with Crippen LogP contribution in [0.25, 0.3) is 16.7 Å². The lowest BCUT2D eigenvalue weighted by molar-refractivity contribution is 0.0941. The van der Waals surface area contributed by atoms with Gasteiger partial charge in [0, 0.05) is 35.6 Å². The number of rotatable bonds is 3. The monoisotopic (exact) mass is 371 g/mol. The summed E-state index contributed by atoms with van der Waals surface area (Å²) in [4.78, 5) is 29.8. The number of amides is 1. The van der Waals surface area contributed by atoms with E-state index >= 15 is 0 Å². The molecule has 1 saturated carbocycles. The van der Waals surface area contributed by atoms with Gasteiger partial charge in [0.15, 0.2) is 0 Å². The van der Waals surface area contributed by atoms with Crippen LogP contribution in [0.5, 0.6) is 0 Å². The highest BCUT2D eigenvalue weighted by Gasteiger charge is 2.18. The van der Waals surface area contributed by atoms with Crippen LogP contribution in [0.1, 0.15) is 42.6 Å². The molecule has 5 heteroatoms. The summed E-state index contributed by atoms with van der Waals surface area (Å²) in [6, 6.07) is 11.1. The molecule has 2 heterocycles. The SMILES string of the molecule is CC(C)NC(=O)c1cn(-c2cccc(C#CC3CC3)c2)c2ncccc2c1=O. The minimum absolute atomic E-state index is 0.0639. The molecule has 0 aliphatic heterocycles. The Morgan fingerprint density at radius 3 is 2.82 bits per heavy atom. The molecule has 0 bridgehead atoms. The lowest BCUT2D eigenvalue weighted by Crippen LogP contribution is -2.34. The Kier molecular flexibility index (Phi) is 4.70. The second kappa shape index (κ2) is 7.32. The van der Waals surface area contributed by atoms with Gasteiger partial charge in [0.25, 0.3) is 5.91 Å². The number of nitrogens with one attached hydrogen (secondary N) is 1. The first kappa shape index (κ1) is 18.0. The van der Waals surface area contributed by atoms with Gasteiger partial charge in [0.1, 0.15) is 11.2 Å².